The van der Waals surface area contributed by atoms with Gasteiger partial charge in [0, 0.05) is 36.1 Å². The van der Waals surface area contributed by atoms with Crippen LogP contribution in [0.4, 0.5) is 10.1 Å². The maximum atomic E-state index is 13.0. The number of pyridine rings is 1. The maximum absolute atomic E-state index is 13.0. The molecule has 0 aliphatic rings. The third kappa shape index (κ3) is 5.05. The zero-order valence-corrected chi connectivity index (χ0v) is 15.3. The first-order valence-electron chi connectivity index (χ1n) is 7.47. The van der Waals surface area contributed by atoms with Crippen molar-refractivity contribution < 1.29 is 13.9 Å². The molecule has 26 heavy (non-hydrogen) atoms. The van der Waals surface area contributed by atoms with Crippen molar-refractivity contribution in [2.75, 3.05) is 11.9 Å². The first kappa shape index (κ1) is 21.6. The molecule has 0 atom stereocenters. The van der Waals surface area contributed by atoms with Gasteiger partial charge in [-0.25, -0.2) is 4.39 Å². The summed E-state index contributed by atoms with van der Waals surface area (Å²) in [5, 5.41) is 4.36. The number of fused-ring (bicyclic) bond motifs is 1. The fourth-order valence-electron chi connectivity index (χ4n) is 2.33. The van der Waals surface area contributed by atoms with E-state index < -0.39 is 0 Å². The zero-order valence-electron chi connectivity index (χ0n) is 13.6. The number of anilines is 1. The van der Waals surface area contributed by atoms with Crippen LogP contribution in [-0.2, 0) is 4.79 Å². The molecule has 3 rings (SSSR count). The summed E-state index contributed by atoms with van der Waals surface area (Å²) in [7, 11) is 0. The Morgan fingerprint density at radius 1 is 1.08 bits per heavy atom. The number of hydrogen-bond acceptors (Lipinski definition) is 4. The topological polar surface area (TPSA) is 77.2 Å². The molecule has 0 aliphatic heterocycles. The second-order valence-corrected chi connectivity index (χ2v) is 5.18. The van der Waals surface area contributed by atoms with Crippen LogP contribution in [0, 0.1) is 5.82 Å². The fraction of sp³-hybridized carbons (Fsp3) is 0.111. The van der Waals surface area contributed by atoms with E-state index in [1.54, 1.807) is 42.7 Å². The Morgan fingerprint density at radius 3 is 2.50 bits per heavy atom. The van der Waals surface area contributed by atoms with E-state index in [-0.39, 0.29) is 49.5 Å². The van der Waals surface area contributed by atoms with Crippen molar-refractivity contribution in [2.24, 2.45) is 5.73 Å². The molecule has 8 heteroatoms. The maximum Gasteiger partial charge on any atom is 0.225 e. The van der Waals surface area contributed by atoms with E-state index in [1.165, 1.54) is 12.1 Å². The quantitative estimate of drug-likeness (QED) is 0.672. The predicted molar refractivity (Wildman–Crippen MR) is 105 cm³/mol. The molecular weight excluding hydrogens is 380 g/mol. The molecule has 138 valence electrons. The standard InChI is InChI=1S/C18H16FN3O2.2ClH/c19-12-1-3-13(4-2-12)24-17-6-5-16(22-18(23)7-9-20)15-11-21-10-8-14(15)17;;/h1-6,8,10-11H,7,9,20H2,(H,22,23);2*1H. The van der Waals surface area contributed by atoms with Gasteiger partial charge in [-0.1, -0.05) is 0 Å². The summed E-state index contributed by atoms with van der Waals surface area (Å²) >= 11 is 0. The number of ether oxygens (including phenoxy) is 1. The molecule has 5 nitrogen and oxygen atoms in total. The van der Waals surface area contributed by atoms with Crippen LogP contribution >= 0.6 is 24.8 Å². The first-order valence-corrected chi connectivity index (χ1v) is 7.47. The number of halogens is 3. The third-order valence-electron chi connectivity index (χ3n) is 3.47. The molecule has 3 N–H and O–H groups in total. The minimum atomic E-state index is -0.325. The molecule has 2 aromatic carbocycles. The van der Waals surface area contributed by atoms with Gasteiger partial charge in [-0.2, -0.15) is 0 Å². The number of benzene rings is 2. The lowest BCUT2D eigenvalue weighted by molar-refractivity contribution is -0.116. The molecule has 0 radical (unpaired) electrons. The fourth-order valence-corrected chi connectivity index (χ4v) is 2.33. The highest BCUT2D eigenvalue weighted by atomic mass is 35.5. The van der Waals surface area contributed by atoms with Crippen LogP contribution < -0.4 is 15.8 Å². The Morgan fingerprint density at radius 2 is 1.81 bits per heavy atom. The summed E-state index contributed by atoms with van der Waals surface area (Å²) in [5.74, 6) is 0.634. The lowest BCUT2D eigenvalue weighted by Gasteiger charge is -2.13. The van der Waals surface area contributed by atoms with Crippen LogP contribution in [-0.4, -0.2) is 17.4 Å². The van der Waals surface area contributed by atoms with Gasteiger partial charge in [0.05, 0.1) is 5.69 Å². The van der Waals surface area contributed by atoms with E-state index in [2.05, 4.69) is 10.3 Å². The lowest BCUT2D eigenvalue weighted by atomic mass is 10.1. The normalized spacial score (nSPS) is 9.77. The predicted octanol–water partition coefficient (Wildman–Crippen LogP) is 4.30. The molecule has 0 unspecified atom stereocenters. The second-order valence-electron chi connectivity index (χ2n) is 5.18. The number of nitrogens with one attached hydrogen (secondary N) is 1. The summed E-state index contributed by atoms with van der Waals surface area (Å²) in [5.41, 5.74) is 6.04. The summed E-state index contributed by atoms with van der Waals surface area (Å²) in [6.07, 6.45) is 3.55. The SMILES string of the molecule is Cl.Cl.NCCC(=O)Nc1ccc(Oc2ccc(F)cc2)c2ccncc12. The van der Waals surface area contributed by atoms with E-state index in [1.807, 2.05) is 0 Å². The average Bonchev–Trinajstić information content (AvgIpc) is 2.59. The molecule has 1 aromatic heterocycles. The van der Waals surface area contributed by atoms with Gasteiger partial charge in [0.25, 0.3) is 0 Å². The van der Waals surface area contributed by atoms with Gasteiger partial charge in [0.15, 0.2) is 0 Å². The highest BCUT2D eigenvalue weighted by molar-refractivity contribution is 6.04. The van der Waals surface area contributed by atoms with E-state index in [9.17, 15) is 9.18 Å². The Hall–Kier alpha value is -2.41. The average molecular weight is 398 g/mol. The van der Waals surface area contributed by atoms with Crippen molar-refractivity contribution in [2.45, 2.75) is 6.42 Å². The molecule has 0 spiro atoms. The number of nitrogens with two attached hydrogens (primary N) is 1. The van der Waals surface area contributed by atoms with Crippen molar-refractivity contribution in [1.82, 2.24) is 4.98 Å². The van der Waals surface area contributed by atoms with Gasteiger partial charge in [-0.15, -0.1) is 24.8 Å². The Labute approximate surface area is 162 Å². The second kappa shape index (κ2) is 9.91. The first-order chi connectivity index (χ1) is 11.7. The van der Waals surface area contributed by atoms with Crippen molar-refractivity contribution in [3.63, 3.8) is 0 Å². The molecule has 0 bridgehead atoms. The Kier molecular flexibility index (Phi) is 8.25. The molecule has 1 amide bonds. The van der Waals surface area contributed by atoms with E-state index in [4.69, 9.17) is 10.5 Å². The number of aromatic nitrogens is 1. The van der Waals surface area contributed by atoms with E-state index in [0.29, 0.717) is 17.2 Å². The summed E-state index contributed by atoms with van der Waals surface area (Å²) in [6.45, 7) is 0.285. The lowest BCUT2D eigenvalue weighted by Crippen LogP contribution is -2.16. The monoisotopic (exact) mass is 397 g/mol. The van der Waals surface area contributed by atoms with Gasteiger partial charge in [0.1, 0.15) is 17.3 Å². The smallest absolute Gasteiger partial charge is 0.225 e. The van der Waals surface area contributed by atoms with Crippen molar-refractivity contribution in [1.29, 1.82) is 0 Å². The highest BCUT2D eigenvalue weighted by Gasteiger charge is 2.10. The summed E-state index contributed by atoms with van der Waals surface area (Å²) in [6, 6.07) is 11.1. The molecule has 0 saturated heterocycles. The highest BCUT2D eigenvalue weighted by Crippen LogP contribution is 2.34. The van der Waals surface area contributed by atoms with Crippen molar-refractivity contribution >= 4 is 47.2 Å². The van der Waals surface area contributed by atoms with E-state index in [0.717, 1.165) is 10.8 Å². The molecular formula is C18H18Cl2FN3O2. The van der Waals surface area contributed by atoms with E-state index >= 15 is 0 Å². The molecule has 3 aromatic rings. The Bertz CT molecular complexity index is 876. The van der Waals surface area contributed by atoms with Crippen LogP contribution in [0.25, 0.3) is 10.8 Å². The minimum Gasteiger partial charge on any atom is -0.457 e. The number of hydrogen-bond donors (Lipinski definition) is 2. The van der Waals surface area contributed by atoms with Crippen molar-refractivity contribution in [3.05, 3.63) is 60.7 Å². The summed E-state index contributed by atoms with van der Waals surface area (Å²) < 4.78 is 18.8. The molecule has 0 saturated carbocycles. The molecule has 0 aliphatic carbocycles. The van der Waals surface area contributed by atoms with Gasteiger partial charge in [0.2, 0.25) is 5.91 Å². The number of nitrogens with zero attached hydrogens (tertiary/aromatic N) is 1. The largest absolute Gasteiger partial charge is 0.457 e. The van der Waals surface area contributed by atoms with Crippen LogP contribution in [0.2, 0.25) is 0 Å². The molecule has 1 heterocycles. The number of amides is 1. The number of rotatable bonds is 5. The van der Waals surface area contributed by atoms with Gasteiger partial charge < -0.3 is 15.8 Å². The van der Waals surface area contributed by atoms with Gasteiger partial charge in [-0.05, 0) is 42.5 Å². The zero-order chi connectivity index (χ0) is 16.9. The van der Waals surface area contributed by atoms with Crippen molar-refractivity contribution in [3.8, 4) is 11.5 Å². The minimum absolute atomic E-state index is 0. The number of carbonyl (C=O) groups excluding carboxylic acids is 1. The number of carbonyl (C=O) groups is 1. The van der Waals surface area contributed by atoms with Crippen LogP contribution in [0.15, 0.2) is 54.9 Å². The van der Waals surface area contributed by atoms with Gasteiger partial charge in [-0.3, -0.25) is 9.78 Å². The third-order valence-corrected chi connectivity index (χ3v) is 3.47. The van der Waals surface area contributed by atoms with Gasteiger partial charge >= 0.3 is 0 Å². The molecule has 0 fully saturated rings. The van der Waals surface area contributed by atoms with Crippen LogP contribution in [0.5, 0.6) is 11.5 Å². The summed E-state index contributed by atoms with van der Waals surface area (Å²) in [4.78, 5) is 15.9. The van der Waals surface area contributed by atoms with Crippen LogP contribution in [0.3, 0.4) is 0 Å². The Balaban J connectivity index is 0.00000169. The van der Waals surface area contributed by atoms with Crippen LogP contribution in [0.1, 0.15) is 6.42 Å².